The number of rotatable bonds is 8. The fourth-order valence-corrected chi connectivity index (χ4v) is 3.70. The summed E-state index contributed by atoms with van der Waals surface area (Å²) in [4.78, 5) is 6.12. The molecule has 0 aliphatic carbocycles. The van der Waals surface area contributed by atoms with Gasteiger partial charge in [0.15, 0.2) is 0 Å². The second-order valence-corrected chi connectivity index (χ2v) is 7.09. The number of benzene rings is 4. The van der Waals surface area contributed by atoms with Crippen LogP contribution in [-0.4, -0.2) is 7.11 Å². The minimum atomic E-state index is -0.677. The Bertz CT molecular complexity index is 993. The van der Waals surface area contributed by atoms with E-state index in [1.54, 1.807) is 7.11 Å². The third kappa shape index (κ3) is 4.13. The Hall–Kier alpha value is -3.40. The molecule has 0 atom stereocenters. The van der Waals surface area contributed by atoms with Gasteiger partial charge < -0.3 is 4.74 Å². The van der Waals surface area contributed by atoms with Crippen molar-refractivity contribution in [1.29, 1.82) is 0 Å². The highest BCUT2D eigenvalue weighted by atomic mass is 16.6. The molecule has 0 aliphatic heterocycles. The number of hydroxylamine groups is 1. The maximum absolute atomic E-state index is 6.12. The molecule has 0 bridgehead atoms. The second kappa shape index (κ2) is 9.40. The van der Waals surface area contributed by atoms with E-state index in [1.165, 1.54) is 0 Å². The lowest BCUT2D eigenvalue weighted by Gasteiger charge is -2.36. The zero-order chi connectivity index (χ0) is 20.7. The first-order valence-electron chi connectivity index (χ1n) is 10.0. The van der Waals surface area contributed by atoms with Gasteiger partial charge >= 0.3 is 0 Å². The van der Waals surface area contributed by atoms with Gasteiger partial charge in [-0.15, -0.1) is 0 Å². The third-order valence-electron chi connectivity index (χ3n) is 5.24. The summed E-state index contributed by atoms with van der Waals surface area (Å²) in [5.41, 5.74) is 7.10. The first-order valence-corrected chi connectivity index (χ1v) is 10.0. The lowest BCUT2D eigenvalue weighted by Crippen LogP contribution is -2.44. The van der Waals surface area contributed by atoms with Gasteiger partial charge in [-0.2, -0.15) is 5.48 Å². The van der Waals surface area contributed by atoms with Crippen molar-refractivity contribution in [3.63, 3.8) is 0 Å². The molecular formula is C27H25NO2. The molecular weight excluding hydrogens is 370 g/mol. The SMILES string of the molecule is COc1ccc(C(NOCc2ccccc2)(c2ccccc2)c2ccccc2)cc1. The van der Waals surface area contributed by atoms with Crippen LogP contribution in [0.2, 0.25) is 0 Å². The van der Waals surface area contributed by atoms with Gasteiger partial charge in [-0.3, -0.25) is 4.84 Å². The summed E-state index contributed by atoms with van der Waals surface area (Å²) in [7, 11) is 1.68. The summed E-state index contributed by atoms with van der Waals surface area (Å²) in [5, 5.41) is 0. The molecule has 150 valence electrons. The Kier molecular flexibility index (Phi) is 6.23. The van der Waals surface area contributed by atoms with Crippen LogP contribution in [0.4, 0.5) is 0 Å². The number of methoxy groups -OCH3 is 1. The first kappa shape index (κ1) is 19.9. The van der Waals surface area contributed by atoms with E-state index in [-0.39, 0.29) is 0 Å². The van der Waals surface area contributed by atoms with E-state index >= 15 is 0 Å². The van der Waals surface area contributed by atoms with Gasteiger partial charge in [0.1, 0.15) is 11.3 Å². The van der Waals surface area contributed by atoms with Crippen molar-refractivity contribution in [2.45, 2.75) is 12.1 Å². The van der Waals surface area contributed by atoms with E-state index in [0.717, 1.165) is 28.0 Å². The Morgan fingerprint density at radius 1 is 0.600 bits per heavy atom. The van der Waals surface area contributed by atoms with Crippen LogP contribution in [-0.2, 0) is 17.0 Å². The lowest BCUT2D eigenvalue weighted by atomic mass is 9.78. The van der Waals surface area contributed by atoms with E-state index in [2.05, 4.69) is 78.3 Å². The number of ether oxygens (including phenoxy) is 1. The van der Waals surface area contributed by atoms with E-state index in [9.17, 15) is 0 Å². The van der Waals surface area contributed by atoms with Crippen LogP contribution in [0.3, 0.4) is 0 Å². The lowest BCUT2D eigenvalue weighted by molar-refractivity contribution is -0.0115. The van der Waals surface area contributed by atoms with Crippen LogP contribution in [0.1, 0.15) is 22.3 Å². The molecule has 0 saturated heterocycles. The summed E-state index contributed by atoms with van der Waals surface area (Å²) in [6, 6.07) is 39.0. The smallest absolute Gasteiger partial charge is 0.118 e. The summed E-state index contributed by atoms with van der Waals surface area (Å²) in [5.74, 6) is 0.818. The van der Waals surface area contributed by atoms with Crippen molar-refractivity contribution in [3.05, 3.63) is 138 Å². The Balaban J connectivity index is 1.80. The van der Waals surface area contributed by atoms with Crippen molar-refractivity contribution in [2.24, 2.45) is 0 Å². The summed E-state index contributed by atoms with van der Waals surface area (Å²) in [6.45, 7) is 0.457. The van der Waals surface area contributed by atoms with E-state index in [0.29, 0.717) is 6.61 Å². The molecule has 0 saturated carbocycles. The molecule has 0 aliphatic rings. The fraction of sp³-hybridized carbons (Fsp3) is 0.111. The average molecular weight is 396 g/mol. The van der Waals surface area contributed by atoms with E-state index in [4.69, 9.17) is 9.57 Å². The molecule has 30 heavy (non-hydrogen) atoms. The highest BCUT2D eigenvalue weighted by Gasteiger charge is 2.36. The predicted molar refractivity (Wildman–Crippen MR) is 120 cm³/mol. The van der Waals surface area contributed by atoms with Gasteiger partial charge in [-0.25, -0.2) is 0 Å². The van der Waals surface area contributed by atoms with Crippen LogP contribution in [0.25, 0.3) is 0 Å². The van der Waals surface area contributed by atoms with Crippen LogP contribution in [0, 0.1) is 0 Å². The van der Waals surface area contributed by atoms with Gasteiger partial charge in [0, 0.05) is 0 Å². The molecule has 4 aromatic rings. The first-order chi connectivity index (χ1) is 14.8. The van der Waals surface area contributed by atoms with Gasteiger partial charge in [0.25, 0.3) is 0 Å². The molecule has 0 spiro atoms. The van der Waals surface area contributed by atoms with E-state index < -0.39 is 5.54 Å². The maximum atomic E-state index is 6.12. The Morgan fingerprint density at radius 2 is 1.07 bits per heavy atom. The molecule has 1 N–H and O–H groups in total. The molecule has 3 nitrogen and oxygen atoms in total. The molecule has 4 aromatic carbocycles. The quantitative estimate of drug-likeness (QED) is 0.306. The normalized spacial score (nSPS) is 11.2. The van der Waals surface area contributed by atoms with Crippen molar-refractivity contribution in [1.82, 2.24) is 5.48 Å². The predicted octanol–water partition coefficient (Wildman–Crippen LogP) is 5.71. The van der Waals surface area contributed by atoms with Crippen molar-refractivity contribution < 1.29 is 9.57 Å². The number of nitrogens with one attached hydrogen (secondary N) is 1. The molecule has 0 heterocycles. The third-order valence-corrected chi connectivity index (χ3v) is 5.24. The molecule has 0 unspecified atom stereocenters. The second-order valence-electron chi connectivity index (χ2n) is 7.09. The molecule has 4 rings (SSSR count). The minimum absolute atomic E-state index is 0.457. The number of hydrogen-bond acceptors (Lipinski definition) is 3. The van der Waals surface area contributed by atoms with Crippen LogP contribution < -0.4 is 10.2 Å². The van der Waals surface area contributed by atoms with Crippen LogP contribution in [0.15, 0.2) is 115 Å². The highest BCUT2D eigenvalue weighted by Crippen LogP contribution is 2.37. The largest absolute Gasteiger partial charge is 0.497 e. The van der Waals surface area contributed by atoms with Gasteiger partial charge in [-0.1, -0.05) is 103 Å². The van der Waals surface area contributed by atoms with Crippen molar-refractivity contribution in [2.75, 3.05) is 7.11 Å². The van der Waals surface area contributed by atoms with Gasteiger partial charge in [-0.05, 0) is 34.4 Å². The zero-order valence-corrected chi connectivity index (χ0v) is 17.0. The van der Waals surface area contributed by atoms with Crippen molar-refractivity contribution in [3.8, 4) is 5.75 Å². The molecule has 0 aromatic heterocycles. The average Bonchev–Trinajstić information content (AvgIpc) is 2.84. The topological polar surface area (TPSA) is 30.5 Å². The summed E-state index contributed by atoms with van der Waals surface area (Å²) in [6.07, 6.45) is 0. The van der Waals surface area contributed by atoms with Crippen LogP contribution >= 0.6 is 0 Å². The monoisotopic (exact) mass is 395 g/mol. The Labute approximate surface area is 177 Å². The summed E-state index contributed by atoms with van der Waals surface area (Å²) < 4.78 is 5.38. The fourth-order valence-electron chi connectivity index (χ4n) is 3.70. The molecule has 3 heteroatoms. The molecule has 0 fully saturated rings. The van der Waals surface area contributed by atoms with E-state index in [1.807, 2.05) is 42.5 Å². The standard InChI is InChI=1S/C27H25NO2/c1-29-26-19-17-25(18-20-26)27(23-13-7-3-8-14-23,24-15-9-4-10-16-24)28-30-21-22-11-5-2-6-12-22/h2-20,28H,21H2,1H3. The number of hydrogen-bond donors (Lipinski definition) is 1. The molecule has 0 amide bonds. The van der Waals surface area contributed by atoms with Crippen molar-refractivity contribution >= 4 is 0 Å². The van der Waals surface area contributed by atoms with Gasteiger partial charge in [0.2, 0.25) is 0 Å². The van der Waals surface area contributed by atoms with Crippen LogP contribution in [0.5, 0.6) is 5.75 Å². The Morgan fingerprint density at radius 3 is 1.57 bits per heavy atom. The van der Waals surface area contributed by atoms with Gasteiger partial charge in [0.05, 0.1) is 13.7 Å². The highest BCUT2D eigenvalue weighted by molar-refractivity contribution is 5.50. The summed E-state index contributed by atoms with van der Waals surface area (Å²) >= 11 is 0. The minimum Gasteiger partial charge on any atom is -0.497 e. The molecule has 0 radical (unpaired) electrons. The zero-order valence-electron chi connectivity index (χ0n) is 17.0. The maximum Gasteiger partial charge on any atom is 0.118 e.